The van der Waals surface area contributed by atoms with Crippen LogP contribution in [0.25, 0.3) is 10.6 Å². The Morgan fingerprint density at radius 2 is 1.81 bits per heavy atom. The maximum atomic E-state index is 10.6. The zero-order chi connectivity index (χ0) is 15.4. The van der Waals surface area contributed by atoms with Crippen molar-refractivity contribution in [1.29, 1.82) is 0 Å². The number of carboxylic acid groups (broad SMARTS) is 1. The van der Waals surface area contributed by atoms with Crippen molar-refractivity contribution in [3.63, 3.8) is 0 Å². The molecule has 0 saturated heterocycles. The maximum Gasteiger partial charge on any atom is 0.203 e. The molecule has 0 aliphatic heterocycles. The van der Waals surface area contributed by atoms with Crippen LogP contribution < -0.4 is 19.3 Å². The zero-order valence-electron chi connectivity index (χ0n) is 11.8. The third-order valence-corrected chi connectivity index (χ3v) is 3.73. The summed E-state index contributed by atoms with van der Waals surface area (Å²) in [4.78, 5) is 14.9. The Morgan fingerprint density at radius 1 is 1.19 bits per heavy atom. The van der Waals surface area contributed by atoms with Gasteiger partial charge >= 0.3 is 0 Å². The van der Waals surface area contributed by atoms with Gasteiger partial charge in [-0.3, -0.25) is 0 Å². The van der Waals surface area contributed by atoms with Gasteiger partial charge in [-0.15, -0.1) is 11.3 Å². The number of carbonyl (C=O) groups is 1. The van der Waals surface area contributed by atoms with Gasteiger partial charge in [0.15, 0.2) is 11.5 Å². The largest absolute Gasteiger partial charge is 0.550 e. The van der Waals surface area contributed by atoms with Gasteiger partial charge in [-0.2, -0.15) is 0 Å². The van der Waals surface area contributed by atoms with E-state index < -0.39 is 5.97 Å². The van der Waals surface area contributed by atoms with E-state index in [1.165, 1.54) is 32.7 Å². The van der Waals surface area contributed by atoms with Crippen LogP contribution in [0, 0.1) is 0 Å². The fourth-order valence-electron chi connectivity index (χ4n) is 1.87. The van der Waals surface area contributed by atoms with Gasteiger partial charge in [0.05, 0.1) is 27.0 Å². The molecule has 112 valence electrons. The number of hydrogen-bond donors (Lipinski definition) is 0. The number of aromatic nitrogens is 1. The number of rotatable bonds is 6. The Hall–Kier alpha value is -2.28. The number of thiazole rings is 1. The summed E-state index contributed by atoms with van der Waals surface area (Å²) in [5.74, 6) is 0.374. The maximum absolute atomic E-state index is 10.6. The minimum absolute atomic E-state index is 0.207. The van der Waals surface area contributed by atoms with Crippen LogP contribution in [-0.4, -0.2) is 32.3 Å². The summed E-state index contributed by atoms with van der Waals surface area (Å²) in [6.45, 7) is 0. The first-order chi connectivity index (χ1) is 10.1. The molecule has 0 fully saturated rings. The molecule has 1 aromatic carbocycles. The van der Waals surface area contributed by atoms with Crippen LogP contribution in [0.4, 0.5) is 0 Å². The summed E-state index contributed by atoms with van der Waals surface area (Å²) in [5, 5.41) is 13.0. The molecule has 0 bridgehead atoms. The molecular formula is C14H14NO5S-. The standard InChI is InChI=1S/C14H15NO5S/c1-18-10-4-8(5-11(19-2)13(10)20-3)14-15-9(7-21-14)6-12(16)17/h4-5,7H,6H2,1-3H3,(H,16,17)/p-1. The molecule has 2 aromatic rings. The minimum atomic E-state index is -1.16. The quantitative estimate of drug-likeness (QED) is 0.796. The molecule has 7 heteroatoms. The average Bonchev–Trinajstić information content (AvgIpc) is 2.93. The molecular weight excluding hydrogens is 294 g/mol. The second-order valence-electron chi connectivity index (χ2n) is 4.11. The lowest BCUT2D eigenvalue weighted by atomic mass is 10.2. The van der Waals surface area contributed by atoms with Gasteiger partial charge in [-0.05, 0) is 12.1 Å². The van der Waals surface area contributed by atoms with Gasteiger partial charge in [0.1, 0.15) is 5.01 Å². The van der Waals surface area contributed by atoms with Crippen molar-refractivity contribution >= 4 is 17.3 Å². The van der Waals surface area contributed by atoms with E-state index in [0.29, 0.717) is 28.0 Å². The van der Waals surface area contributed by atoms with Gasteiger partial charge in [0, 0.05) is 23.3 Å². The molecule has 21 heavy (non-hydrogen) atoms. The highest BCUT2D eigenvalue weighted by atomic mass is 32.1. The second kappa shape index (κ2) is 6.45. The van der Waals surface area contributed by atoms with Crippen LogP contribution in [0.15, 0.2) is 17.5 Å². The van der Waals surface area contributed by atoms with Crippen LogP contribution >= 0.6 is 11.3 Å². The Morgan fingerprint density at radius 3 is 2.29 bits per heavy atom. The molecule has 0 saturated carbocycles. The Balaban J connectivity index is 2.44. The van der Waals surface area contributed by atoms with Crippen molar-refractivity contribution in [1.82, 2.24) is 4.98 Å². The Labute approximate surface area is 125 Å². The first-order valence-corrected chi connectivity index (χ1v) is 6.91. The summed E-state index contributed by atoms with van der Waals surface area (Å²) >= 11 is 1.34. The number of methoxy groups -OCH3 is 3. The molecule has 0 atom stereocenters. The lowest BCUT2D eigenvalue weighted by molar-refractivity contribution is -0.304. The summed E-state index contributed by atoms with van der Waals surface area (Å²) in [6.07, 6.45) is -0.207. The number of carbonyl (C=O) groups excluding carboxylic acids is 1. The highest BCUT2D eigenvalue weighted by Crippen LogP contribution is 2.41. The van der Waals surface area contributed by atoms with E-state index in [4.69, 9.17) is 14.2 Å². The van der Waals surface area contributed by atoms with Crippen molar-refractivity contribution in [2.45, 2.75) is 6.42 Å². The fraction of sp³-hybridized carbons (Fsp3) is 0.286. The van der Waals surface area contributed by atoms with Crippen LogP contribution in [-0.2, 0) is 11.2 Å². The molecule has 1 heterocycles. The summed E-state index contributed by atoms with van der Waals surface area (Å²) in [7, 11) is 4.59. The van der Waals surface area contributed by atoms with Crippen molar-refractivity contribution in [3.8, 4) is 27.8 Å². The predicted octanol–water partition coefficient (Wildman–Crippen LogP) is 1.13. The van der Waals surface area contributed by atoms with Gasteiger partial charge < -0.3 is 24.1 Å². The minimum Gasteiger partial charge on any atom is -0.550 e. The van der Waals surface area contributed by atoms with E-state index in [0.717, 1.165) is 5.56 Å². The molecule has 0 spiro atoms. The highest BCUT2D eigenvalue weighted by Gasteiger charge is 2.15. The molecule has 0 amide bonds. The monoisotopic (exact) mass is 308 g/mol. The number of hydrogen-bond acceptors (Lipinski definition) is 7. The van der Waals surface area contributed by atoms with Gasteiger partial charge in [-0.25, -0.2) is 4.98 Å². The number of nitrogens with zero attached hydrogens (tertiary/aromatic N) is 1. The van der Waals surface area contributed by atoms with Crippen molar-refractivity contribution < 1.29 is 24.1 Å². The summed E-state index contributed by atoms with van der Waals surface area (Å²) in [6, 6.07) is 3.53. The first-order valence-electron chi connectivity index (χ1n) is 6.03. The zero-order valence-corrected chi connectivity index (χ0v) is 12.7. The normalized spacial score (nSPS) is 10.2. The molecule has 0 unspecified atom stereocenters. The number of ether oxygens (including phenoxy) is 3. The average molecular weight is 308 g/mol. The predicted molar refractivity (Wildman–Crippen MR) is 75.9 cm³/mol. The number of carboxylic acids is 1. The van der Waals surface area contributed by atoms with E-state index in [2.05, 4.69) is 4.98 Å². The van der Waals surface area contributed by atoms with E-state index in [1.807, 2.05) is 0 Å². The summed E-state index contributed by atoms with van der Waals surface area (Å²) in [5.41, 5.74) is 1.22. The van der Waals surface area contributed by atoms with E-state index in [1.54, 1.807) is 17.5 Å². The smallest absolute Gasteiger partial charge is 0.203 e. The second-order valence-corrected chi connectivity index (χ2v) is 4.96. The number of benzene rings is 1. The van der Waals surface area contributed by atoms with Gasteiger partial charge in [0.25, 0.3) is 0 Å². The van der Waals surface area contributed by atoms with Crippen LogP contribution in [0.2, 0.25) is 0 Å². The fourth-order valence-corrected chi connectivity index (χ4v) is 2.68. The molecule has 6 nitrogen and oxygen atoms in total. The van der Waals surface area contributed by atoms with E-state index in [-0.39, 0.29) is 6.42 Å². The van der Waals surface area contributed by atoms with E-state index in [9.17, 15) is 9.90 Å². The molecule has 0 aliphatic carbocycles. The SMILES string of the molecule is COc1cc(-c2nc(CC(=O)[O-])cs2)cc(OC)c1OC. The van der Waals surface area contributed by atoms with Crippen molar-refractivity contribution in [2.24, 2.45) is 0 Å². The van der Waals surface area contributed by atoms with Crippen molar-refractivity contribution in [3.05, 3.63) is 23.2 Å². The Bertz CT molecular complexity index is 628. The third-order valence-electron chi connectivity index (χ3n) is 2.79. The molecule has 2 rings (SSSR count). The van der Waals surface area contributed by atoms with Crippen molar-refractivity contribution in [2.75, 3.05) is 21.3 Å². The number of aliphatic carboxylic acids is 1. The van der Waals surface area contributed by atoms with Crippen LogP contribution in [0.5, 0.6) is 17.2 Å². The topological polar surface area (TPSA) is 80.7 Å². The Kier molecular flexibility index (Phi) is 4.64. The summed E-state index contributed by atoms with van der Waals surface area (Å²) < 4.78 is 15.8. The van der Waals surface area contributed by atoms with Crippen LogP contribution in [0.1, 0.15) is 5.69 Å². The molecule has 0 radical (unpaired) electrons. The lowest BCUT2D eigenvalue weighted by Gasteiger charge is -2.13. The highest BCUT2D eigenvalue weighted by molar-refractivity contribution is 7.13. The van der Waals surface area contributed by atoms with Crippen LogP contribution in [0.3, 0.4) is 0 Å². The third kappa shape index (κ3) is 3.25. The van der Waals surface area contributed by atoms with Gasteiger partial charge in [-0.1, -0.05) is 0 Å². The molecule has 0 N–H and O–H groups in total. The van der Waals surface area contributed by atoms with Gasteiger partial charge in [0.2, 0.25) is 5.75 Å². The first kappa shape index (κ1) is 15.1. The molecule has 1 aromatic heterocycles. The lowest BCUT2D eigenvalue weighted by Crippen LogP contribution is -2.24. The van der Waals surface area contributed by atoms with E-state index >= 15 is 0 Å². The molecule has 0 aliphatic rings.